The quantitative estimate of drug-likeness (QED) is 0.0246. The number of carbonyl (C=O) groups is 1. The number of likely N-dealkylation sites (N-methyl/N-ethyl adjacent to an activating group) is 1. The summed E-state index contributed by atoms with van der Waals surface area (Å²) in [5.74, 6) is -0.180. The summed E-state index contributed by atoms with van der Waals surface area (Å²) in [6.07, 6.45) is 43.5. The number of hydrogen-bond donors (Lipinski definition) is 3. The number of allylic oxidation sites excluding steroid dienone is 1. The van der Waals surface area contributed by atoms with Crippen LogP contribution in [0.5, 0.6) is 0 Å². The SMILES string of the molecule is CCCCC/C=C/C(O)C(COP(=O)(O)OCC[N+](C)(C)C)NC(=O)CCCCCCCCCCCCCCCCCCCCCCCCCCCCC. The second-order valence-corrected chi connectivity index (χ2v) is 18.6. The van der Waals surface area contributed by atoms with Crippen molar-refractivity contribution in [2.75, 3.05) is 40.9 Å². The molecule has 0 aromatic rings. The van der Waals surface area contributed by atoms with Gasteiger partial charge in [-0.25, -0.2) is 4.57 Å². The topological polar surface area (TPSA) is 105 Å². The van der Waals surface area contributed by atoms with Gasteiger partial charge in [0.15, 0.2) is 0 Å². The summed E-state index contributed by atoms with van der Waals surface area (Å²) < 4.78 is 23.3. The lowest BCUT2D eigenvalue weighted by atomic mass is 10.0. The van der Waals surface area contributed by atoms with Crippen LogP contribution in [0.2, 0.25) is 0 Å². The van der Waals surface area contributed by atoms with E-state index in [0.29, 0.717) is 17.4 Å². The first kappa shape index (κ1) is 53.2. The number of phosphoric acid groups is 1. The van der Waals surface area contributed by atoms with Crippen LogP contribution in [0.1, 0.15) is 219 Å². The van der Waals surface area contributed by atoms with Gasteiger partial charge < -0.3 is 19.8 Å². The number of nitrogens with one attached hydrogen (secondary N) is 1. The molecule has 54 heavy (non-hydrogen) atoms. The molecule has 3 unspecified atom stereocenters. The number of carbonyl (C=O) groups excluding carboxylic acids is 1. The van der Waals surface area contributed by atoms with Crippen LogP contribution in [0, 0.1) is 0 Å². The second-order valence-electron chi connectivity index (χ2n) is 17.1. The standard InChI is InChI=1S/C45H91N2O6P/c1-6-8-10-12-13-14-15-16-17-18-19-20-21-22-23-24-25-26-27-28-29-30-31-32-33-35-37-39-45(49)46-43(44(48)38-36-34-11-9-7-2)42-53-54(50,51)52-41-40-47(3,4)5/h36,38,43-44,48H,6-35,37,39-42H2,1-5H3,(H-,46,49,50,51)/p+1/b38-36+. The Labute approximate surface area is 335 Å². The van der Waals surface area contributed by atoms with Crippen LogP contribution in [0.15, 0.2) is 12.2 Å². The molecule has 0 aromatic carbocycles. The third kappa shape index (κ3) is 39.5. The molecule has 1 amide bonds. The third-order valence-electron chi connectivity index (χ3n) is 10.5. The first-order chi connectivity index (χ1) is 26.0. The van der Waals surface area contributed by atoms with Crippen LogP contribution in [0.3, 0.4) is 0 Å². The van der Waals surface area contributed by atoms with E-state index in [1.807, 2.05) is 27.2 Å². The van der Waals surface area contributed by atoms with Gasteiger partial charge in [-0.3, -0.25) is 13.8 Å². The maximum atomic E-state index is 12.8. The molecular formula is C45H92N2O6P+. The van der Waals surface area contributed by atoms with Crippen LogP contribution >= 0.6 is 7.82 Å². The predicted octanol–water partition coefficient (Wildman–Crippen LogP) is 12.8. The minimum Gasteiger partial charge on any atom is -0.387 e. The predicted molar refractivity (Wildman–Crippen MR) is 231 cm³/mol. The highest BCUT2D eigenvalue weighted by atomic mass is 31.2. The number of rotatable bonds is 42. The summed E-state index contributed by atoms with van der Waals surface area (Å²) in [5.41, 5.74) is 0. The summed E-state index contributed by atoms with van der Waals surface area (Å²) >= 11 is 0. The molecule has 0 fully saturated rings. The van der Waals surface area contributed by atoms with Crippen LogP contribution < -0.4 is 5.32 Å². The van der Waals surface area contributed by atoms with Crippen molar-refractivity contribution in [2.45, 2.75) is 231 Å². The molecule has 3 N–H and O–H groups in total. The fourth-order valence-corrected chi connectivity index (χ4v) is 7.54. The molecule has 0 aliphatic heterocycles. The normalized spacial score (nSPS) is 14.4. The van der Waals surface area contributed by atoms with Crippen LogP contribution in [-0.4, -0.2) is 73.4 Å². The van der Waals surface area contributed by atoms with Gasteiger partial charge in [-0.1, -0.05) is 206 Å². The third-order valence-corrected chi connectivity index (χ3v) is 11.5. The summed E-state index contributed by atoms with van der Waals surface area (Å²) in [6.45, 7) is 4.72. The molecule has 3 atom stereocenters. The van der Waals surface area contributed by atoms with Crippen molar-refractivity contribution in [3.8, 4) is 0 Å². The Balaban J connectivity index is 3.88. The van der Waals surface area contributed by atoms with E-state index in [1.54, 1.807) is 6.08 Å². The number of aliphatic hydroxyl groups is 1. The van der Waals surface area contributed by atoms with Crippen LogP contribution in [-0.2, 0) is 18.4 Å². The number of quaternary nitrogens is 1. The summed E-state index contributed by atoms with van der Waals surface area (Å²) in [6, 6.07) is -0.837. The van der Waals surface area contributed by atoms with Gasteiger partial charge in [-0.2, -0.15) is 0 Å². The van der Waals surface area contributed by atoms with Crippen LogP contribution in [0.25, 0.3) is 0 Å². The summed E-state index contributed by atoms with van der Waals surface area (Å²) in [4.78, 5) is 22.9. The monoisotopic (exact) mass is 788 g/mol. The zero-order valence-corrected chi connectivity index (χ0v) is 37.4. The highest BCUT2D eigenvalue weighted by molar-refractivity contribution is 7.47. The second kappa shape index (κ2) is 37.8. The molecule has 0 aliphatic carbocycles. The molecule has 0 spiro atoms. The minimum absolute atomic E-state index is 0.0633. The van der Waals surface area contributed by atoms with Gasteiger partial charge in [0, 0.05) is 6.42 Å². The van der Waals surface area contributed by atoms with Crippen molar-refractivity contribution < 1.29 is 32.9 Å². The number of phosphoric ester groups is 1. The lowest BCUT2D eigenvalue weighted by Crippen LogP contribution is -2.45. The Morgan fingerprint density at radius 2 is 0.981 bits per heavy atom. The van der Waals surface area contributed by atoms with Gasteiger partial charge in [0.1, 0.15) is 13.2 Å². The summed E-state index contributed by atoms with van der Waals surface area (Å²) in [5, 5.41) is 13.6. The Hall–Kier alpha value is -0.760. The van der Waals surface area contributed by atoms with Gasteiger partial charge in [0.05, 0.1) is 39.9 Å². The van der Waals surface area contributed by atoms with E-state index in [0.717, 1.165) is 44.9 Å². The lowest BCUT2D eigenvalue weighted by molar-refractivity contribution is -0.870. The van der Waals surface area contributed by atoms with E-state index in [2.05, 4.69) is 19.2 Å². The Morgan fingerprint density at radius 3 is 1.37 bits per heavy atom. The van der Waals surface area contributed by atoms with E-state index >= 15 is 0 Å². The molecule has 0 aromatic heterocycles. The first-order valence-electron chi connectivity index (χ1n) is 23.1. The van der Waals surface area contributed by atoms with Gasteiger partial charge in [0.2, 0.25) is 5.91 Å². The number of nitrogens with zero attached hydrogens (tertiary/aromatic N) is 1. The fraction of sp³-hybridized carbons (Fsp3) is 0.933. The lowest BCUT2D eigenvalue weighted by Gasteiger charge is -2.25. The zero-order chi connectivity index (χ0) is 40.0. The van der Waals surface area contributed by atoms with Crippen LogP contribution in [0.4, 0.5) is 0 Å². The van der Waals surface area contributed by atoms with Gasteiger partial charge >= 0.3 is 7.82 Å². The Bertz CT molecular complexity index is 896. The maximum absolute atomic E-state index is 12.8. The van der Waals surface area contributed by atoms with Crippen molar-refractivity contribution in [3.63, 3.8) is 0 Å². The number of aliphatic hydroxyl groups excluding tert-OH is 1. The molecule has 0 heterocycles. The molecule has 0 saturated carbocycles. The molecule has 8 nitrogen and oxygen atoms in total. The highest BCUT2D eigenvalue weighted by Gasteiger charge is 2.27. The molecule has 9 heteroatoms. The molecule has 0 radical (unpaired) electrons. The molecular weight excluding hydrogens is 695 g/mol. The van der Waals surface area contributed by atoms with E-state index in [4.69, 9.17) is 9.05 Å². The van der Waals surface area contributed by atoms with E-state index in [1.165, 1.54) is 154 Å². The average molecular weight is 788 g/mol. The largest absolute Gasteiger partial charge is 0.472 e. The summed E-state index contributed by atoms with van der Waals surface area (Å²) in [7, 11) is 1.58. The van der Waals surface area contributed by atoms with Gasteiger partial charge in [-0.15, -0.1) is 0 Å². The van der Waals surface area contributed by atoms with Crippen molar-refractivity contribution >= 4 is 13.7 Å². The van der Waals surface area contributed by atoms with Crippen molar-refractivity contribution in [1.82, 2.24) is 5.32 Å². The Morgan fingerprint density at radius 1 is 0.611 bits per heavy atom. The van der Waals surface area contributed by atoms with E-state index in [9.17, 15) is 19.4 Å². The smallest absolute Gasteiger partial charge is 0.387 e. The minimum atomic E-state index is -4.32. The van der Waals surface area contributed by atoms with Crippen molar-refractivity contribution in [3.05, 3.63) is 12.2 Å². The number of amides is 1. The highest BCUT2D eigenvalue weighted by Crippen LogP contribution is 2.43. The maximum Gasteiger partial charge on any atom is 0.472 e. The molecule has 0 bridgehead atoms. The fourth-order valence-electron chi connectivity index (χ4n) is 6.81. The first-order valence-corrected chi connectivity index (χ1v) is 24.6. The van der Waals surface area contributed by atoms with Crippen molar-refractivity contribution in [2.24, 2.45) is 0 Å². The molecule has 322 valence electrons. The zero-order valence-electron chi connectivity index (χ0n) is 36.5. The van der Waals surface area contributed by atoms with Crippen molar-refractivity contribution in [1.29, 1.82) is 0 Å². The average Bonchev–Trinajstić information content (AvgIpc) is 3.12. The number of unbranched alkanes of at least 4 members (excludes halogenated alkanes) is 29. The van der Waals surface area contributed by atoms with E-state index < -0.39 is 20.0 Å². The molecule has 0 aliphatic rings. The Kier molecular flexibility index (Phi) is 37.3. The molecule has 0 saturated heterocycles. The van der Waals surface area contributed by atoms with Gasteiger partial charge in [0.25, 0.3) is 0 Å². The number of hydrogen-bond acceptors (Lipinski definition) is 5. The molecule has 0 rings (SSSR count). The van der Waals surface area contributed by atoms with Gasteiger partial charge in [-0.05, 0) is 19.3 Å². The van der Waals surface area contributed by atoms with E-state index in [-0.39, 0.29) is 19.1 Å².